The van der Waals surface area contributed by atoms with Gasteiger partial charge < -0.3 is 5.11 Å². The van der Waals surface area contributed by atoms with Crippen LogP contribution in [0.25, 0.3) is 0 Å². The highest BCUT2D eigenvalue weighted by molar-refractivity contribution is 9.10. The van der Waals surface area contributed by atoms with Crippen molar-refractivity contribution in [2.24, 2.45) is 0 Å². The molecule has 0 aliphatic rings. The second-order valence-corrected chi connectivity index (χ2v) is 5.84. The maximum Gasteiger partial charge on any atom is 0.137 e. The molecular formula is C14H10Br2F2O. The maximum absolute atomic E-state index is 13.4. The predicted octanol–water partition coefficient (Wildman–Crippen LogP) is 4.77. The van der Waals surface area contributed by atoms with Gasteiger partial charge in [-0.05, 0) is 51.3 Å². The Labute approximate surface area is 126 Å². The average Bonchev–Trinajstić information content (AvgIpc) is 2.33. The smallest absolute Gasteiger partial charge is 0.137 e. The summed E-state index contributed by atoms with van der Waals surface area (Å²) in [6.45, 7) is 0. The number of aliphatic hydroxyl groups excluding tert-OH is 1. The molecule has 5 heteroatoms. The molecule has 0 radical (unpaired) electrons. The SMILES string of the molecule is OC(Cc1cccc(F)c1Br)c1cc(F)cc(Br)c1. The van der Waals surface area contributed by atoms with Gasteiger partial charge in [-0.15, -0.1) is 0 Å². The van der Waals surface area contributed by atoms with Gasteiger partial charge in [-0.3, -0.25) is 0 Å². The molecule has 1 atom stereocenters. The molecule has 2 rings (SSSR count). The highest BCUT2D eigenvalue weighted by Gasteiger charge is 2.14. The van der Waals surface area contributed by atoms with Crippen LogP contribution in [-0.2, 0) is 6.42 Å². The highest BCUT2D eigenvalue weighted by atomic mass is 79.9. The van der Waals surface area contributed by atoms with E-state index in [-0.39, 0.29) is 12.2 Å². The maximum atomic E-state index is 13.4. The van der Waals surface area contributed by atoms with Crippen LogP contribution in [0.3, 0.4) is 0 Å². The first kappa shape index (κ1) is 14.6. The Kier molecular flexibility index (Phi) is 4.71. The molecular weight excluding hydrogens is 382 g/mol. The Balaban J connectivity index is 2.25. The minimum Gasteiger partial charge on any atom is -0.388 e. The molecule has 0 saturated heterocycles. The van der Waals surface area contributed by atoms with Crippen LogP contribution in [0.5, 0.6) is 0 Å². The third-order valence-electron chi connectivity index (χ3n) is 2.71. The Morgan fingerprint density at radius 3 is 2.53 bits per heavy atom. The quantitative estimate of drug-likeness (QED) is 0.799. The van der Waals surface area contributed by atoms with E-state index in [0.717, 1.165) is 0 Å². The predicted molar refractivity (Wildman–Crippen MR) is 76.9 cm³/mol. The summed E-state index contributed by atoms with van der Waals surface area (Å²) in [7, 11) is 0. The van der Waals surface area contributed by atoms with Crippen molar-refractivity contribution in [2.45, 2.75) is 12.5 Å². The van der Waals surface area contributed by atoms with E-state index in [9.17, 15) is 13.9 Å². The monoisotopic (exact) mass is 390 g/mol. The van der Waals surface area contributed by atoms with Gasteiger partial charge in [0.1, 0.15) is 11.6 Å². The third kappa shape index (κ3) is 3.61. The molecule has 0 aliphatic heterocycles. The molecule has 0 aromatic heterocycles. The van der Waals surface area contributed by atoms with Gasteiger partial charge in [-0.1, -0.05) is 28.1 Å². The van der Waals surface area contributed by atoms with Crippen molar-refractivity contribution in [1.82, 2.24) is 0 Å². The fourth-order valence-electron chi connectivity index (χ4n) is 1.80. The molecule has 100 valence electrons. The molecule has 19 heavy (non-hydrogen) atoms. The highest BCUT2D eigenvalue weighted by Crippen LogP contribution is 2.27. The number of aliphatic hydroxyl groups is 1. The van der Waals surface area contributed by atoms with Crippen molar-refractivity contribution >= 4 is 31.9 Å². The summed E-state index contributed by atoms with van der Waals surface area (Å²) in [6, 6.07) is 8.84. The van der Waals surface area contributed by atoms with Gasteiger partial charge in [-0.25, -0.2) is 8.78 Å². The minimum absolute atomic E-state index is 0.203. The standard InChI is InChI=1S/C14H10Br2F2O/c15-10-4-9(5-11(17)7-10)13(19)6-8-2-1-3-12(18)14(8)16/h1-5,7,13,19H,6H2. The van der Waals surface area contributed by atoms with E-state index >= 15 is 0 Å². The molecule has 0 heterocycles. The minimum atomic E-state index is -0.898. The van der Waals surface area contributed by atoms with Gasteiger partial charge in [0, 0.05) is 10.9 Å². The van der Waals surface area contributed by atoms with Crippen molar-refractivity contribution in [3.63, 3.8) is 0 Å². The summed E-state index contributed by atoms with van der Waals surface area (Å²) >= 11 is 6.31. The summed E-state index contributed by atoms with van der Waals surface area (Å²) < 4.78 is 27.5. The fraction of sp³-hybridized carbons (Fsp3) is 0.143. The lowest BCUT2D eigenvalue weighted by molar-refractivity contribution is 0.177. The van der Waals surface area contributed by atoms with E-state index in [1.807, 2.05) is 0 Å². The summed E-state index contributed by atoms with van der Waals surface area (Å²) in [5, 5.41) is 10.1. The van der Waals surface area contributed by atoms with Crippen LogP contribution in [-0.4, -0.2) is 5.11 Å². The number of hydrogen-bond donors (Lipinski definition) is 1. The second-order valence-electron chi connectivity index (χ2n) is 4.14. The van der Waals surface area contributed by atoms with E-state index in [1.54, 1.807) is 18.2 Å². The molecule has 1 unspecified atom stereocenters. The van der Waals surface area contributed by atoms with E-state index in [2.05, 4.69) is 31.9 Å². The Morgan fingerprint density at radius 1 is 1.11 bits per heavy atom. The molecule has 2 aromatic rings. The van der Waals surface area contributed by atoms with E-state index in [1.165, 1.54) is 18.2 Å². The molecule has 0 bridgehead atoms. The average molecular weight is 392 g/mol. The van der Waals surface area contributed by atoms with Crippen molar-refractivity contribution in [3.05, 3.63) is 68.1 Å². The first-order chi connectivity index (χ1) is 8.97. The summed E-state index contributed by atoms with van der Waals surface area (Å²) in [6.07, 6.45) is -0.695. The number of hydrogen-bond acceptors (Lipinski definition) is 1. The van der Waals surface area contributed by atoms with E-state index < -0.39 is 11.9 Å². The molecule has 0 amide bonds. The number of rotatable bonds is 3. The Hall–Kier alpha value is -0.780. The number of benzene rings is 2. The lowest BCUT2D eigenvalue weighted by Gasteiger charge is -2.13. The van der Waals surface area contributed by atoms with Crippen LogP contribution in [0.1, 0.15) is 17.2 Å². The van der Waals surface area contributed by atoms with Gasteiger partial charge in [-0.2, -0.15) is 0 Å². The summed E-state index contributed by atoms with van der Waals surface area (Å²) in [5.74, 6) is -0.813. The fourth-order valence-corrected chi connectivity index (χ4v) is 2.71. The lowest BCUT2D eigenvalue weighted by Crippen LogP contribution is -2.03. The molecule has 0 aliphatic carbocycles. The van der Waals surface area contributed by atoms with Gasteiger partial charge in [0.2, 0.25) is 0 Å². The van der Waals surface area contributed by atoms with Gasteiger partial charge in [0.25, 0.3) is 0 Å². The summed E-state index contributed by atoms with van der Waals surface area (Å²) in [5.41, 5.74) is 1.08. The zero-order chi connectivity index (χ0) is 14.0. The zero-order valence-corrected chi connectivity index (χ0v) is 12.9. The van der Waals surface area contributed by atoms with Crippen molar-refractivity contribution in [1.29, 1.82) is 0 Å². The molecule has 0 saturated carbocycles. The van der Waals surface area contributed by atoms with Crippen molar-refractivity contribution < 1.29 is 13.9 Å². The molecule has 1 N–H and O–H groups in total. The molecule has 0 spiro atoms. The third-order valence-corrected chi connectivity index (χ3v) is 4.06. The zero-order valence-electron chi connectivity index (χ0n) is 9.71. The number of halogens is 4. The van der Waals surface area contributed by atoms with E-state index in [4.69, 9.17) is 0 Å². The van der Waals surface area contributed by atoms with Crippen LogP contribution < -0.4 is 0 Å². The van der Waals surface area contributed by atoms with Gasteiger partial charge in [0.15, 0.2) is 0 Å². The second kappa shape index (κ2) is 6.11. The van der Waals surface area contributed by atoms with Gasteiger partial charge in [0.05, 0.1) is 10.6 Å². The molecule has 1 nitrogen and oxygen atoms in total. The normalized spacial score (nSPS) is 12.5. The Morgan fingerprint density at radius 2 is 1.84 bits per heavy atom. The Bertz CT molecular complexity index is 582. The molecule has 2 aromatic carbocycles. The van der Waals surface area contributed by atoms with Crippen molar-refractivity contribution in [3.8, 4) is 0 Å². The first-order valence-corrected chi connectivity index (χ1v) is 7.13. The summed E-state index contributed by atoms with van der Waals surface area (Å²) in [4.78, 5) is 0. The van der Waals surface area contributed by atoms with Crippen LogP contribution in [0.4, 0.5) is 8.78 Å². The van der Waals surface area contributed by atoms with Gasteiger partial charge >= 0.3 is 0 Å². The lowest BCUT2D eigenvalue weighted by atomic mass is 10.0. The van der Waals surface area contributed by atoms with Crippen molar-refractivity contribution in [2.75, 3.05) is 0 Å². The first-order valence-electron chi connectivity index (χ1n) is 5.54. The molecule has 0 fully saturated rings. The van der Waals surface area contributed by atoms with Crippen LogP contribution in [0.2, 0.25) is 0 Å². The van der Waals surface area contributed by atoms with Crippen LogP contribution in [0.15, 0.2) is 45.3 Å². The van der Waals surface area contributed by atoms with Crippen LogP contribution in [0, 0.1) is 11.6 Å². The van der Waals surface area contributed by atoms with Crippen LogP contribution >= 0.6 is 31.9 Å². The van der Waals surface area contributed by atoms with E-state index in [0.29, 0.717) is 20.1 Å². The largest absolute Gasteiger partial charge is 0.388 e. The topological polar surface area (TPSA) is 20.2 Å².